The SMILES string of the molecule is CCOC(=O)c1noc(C)c1CN=[N+]=[N-]. The monoisotopic (exact) mass is 210 g/mol. The molecule has 0 saturated heterocycles. The molecule has 0 amide bonds. The summed E-state index contributed by atoms with van der Waals surface area (Å²) in [6, 6.07) is 0. The summed E-state index contributed by atoms with van der Waals surface area (Å²) in [4.78, 5) is 14.0. The normalized spacial score (nSPS) is 9.47. The van der Waals surface area contributed by atoms with E-state index in [0.717, 1.165) is 0 Å². The molecular formula is C8H10N4O3. The van der Waals surface area contributed by atoms with Gasteiger partial charge in [0, 0.05) is 10.5 Å². The lowest BCUT2D eigenvalue weighted by molar-refractivity contribution is 0.0513. The van der Waals surface area contributed by atoms with E-state index in [0.29, 0.717) is 11.3 Å². The molecule has 1 aromatic heterocycles. The minimum Gasteiger partial charge on any atom is -0.461 e. The zero-order valence-electron chi connectivity index (χ0n) is 8.43. The van der Waals surface area contributed by atoms with Gasteiger partial charge in [-0.1, -0.05) is 10.3 Å². The van der Waals surface area contributed by atoms with E-state index < -0.39 is 5.97 Å². The lowest BCUT2D eigenvalue weighted by atomic mass is 10.2. The smallest absolute Gasteiger partial charge is 0.360 e. The number of esters is 1. The number of rotatable bonds is 4. The van der Waals surface area contributed by atoms with Crippen molar-refractivity contribution in [2.45, 2.75) is 20.4 Å². The molecule has 1 aromatic rings. The standard InChI is InChI=1S/C8H10N4O3/c1-3-14-8(13)7-6(4-10-12-9)5(2)15-11-7/h3-4H2,1-2H3. The molecule has 0 aliphatic carbocycles. The van der Waals surface area contributed by atoms with Gasteiger partial charge in [-0.2, -0.15) is 0 Å². The molecule has 15 heavy (non-hydrogen) atoms. The second-order valence-electron chi connectivity index (χ2n) is 2.68. The molecule has 0 aromatic carbocycles. The summed E-state index contributed by atoms with van der Waals surface area (Å²) in [5.74, 6) is -0.122. The third-order valence-electron chi connectivity index (χ3n) is 1.75. The number of aryl methyl sites for hydroxylation is 1. The van der Waals surface area contributed by atoms with Gasteiger partial charge in [-0.15, -0.1) is 0 Å². The average molecular weight is 210 g/mol. The Balaban J connectivity index is 2.97. The first-order chi connectivity index (χ1) is 7.20. The van der Waals surface area contributed by atoms with Crippen molar-refractivity contribution in [3.05, 3.63) is 27.5 Å². The van der Waals surface area contributed by atoms with Gasteiger partial charge >= 0.3 is 5.97 Å². The van der Waals surface area contributed by atoms with Gasteiger partial charge in [0.25, 0.3) is 0 Å². The summed E-state index contributed by atoms with van der Waals surface area (Å²) in [5, 5.41) is 6.91. The number of nitrogens with zero attached hydrogens (tertiary/aromatic N) is 4. The van der Waals surface area contributed by atoms with Crippen LogP contribution in [-0.2, 0) is 11.3 Å². The van der Waals surface area contributed by atoms with E-state index >= 15 is 0 Å². The van der Waals surface area contributed by atoms with E-state index in [1.54, 1.807) is 13.8 Å². The molecule has 1 heterocycles. The molecule has 0 N–H and O–H groups in total. The Hall–Kier alpha value is -2.01. The maximum absolute atomic E-state index is 11.4. The van der Waals surface area contributed by atoms with Gasteiger partial charge in [-0.25, -0.2) is 4.79 Å². The van der Waals surface area contributed by atoms with Gasteiger partial charge in [-0.3, -0.25) is 0 Å². The third-order valence-corrected chi connectivity index (χ3v) is 1.75. The van der Waals surface area contributed by atoms with Crippen LogP contribution in [0.1, 0.15) is 28.7 Å². The van der Waals surface area contributed by atoms with Crippen LogP contribution in [0, 0.1) is 6.92 Å². The zero-order valence-corrected chi connectivity index (χ0v) is 8.43. The molecule has 0 unspecified atom stereocenters. The third kappa shape index (κ3) is 2.47. The summed E-state index contributed by atoms with van der Waals surface area (Å²) >= 11 is 0. The molecule has 0 bridgehead atoms. The van der Waals surface area contributed by atoms with E-state index in [2.05, 4.69) is 15.2 Å². The second-order valence-corrected chi connectivity index (χ2v) is 2.68. The van der Waals surface area contributed by atoms with Crippen molar-refractivity contribution in [2.75, 3.05) is 6.61 Å². The van der Waals surface area contributed by atoms with Crippen LogP contribution in [0.15, 0.2) is 9.64 Å². The van der Waals surface area contributed by atoms with Gasteiger partial charge in [0.15, 0.2) is 5.69 Å². The van der Waals surface area contributed by atoms with Crippen LogP contribution >= 0.6 is 0 Å². The first-order valence-electron chi connectivity index (χ1n) is 4.33. The maximum Gasteiger partial charge on any atom is 0.360 e. The Morgan fingerprint density at radius 3 is 3.07 bits per heavy atom. The summed E-state index contributed by atoms with van der Waals surface area (Å²) in [6.45, 7) is 3.61. The van der Waals surface area contributed by atoms with Crippen LogP contribution in [0.2, 0.25) is 0 Å². The van der Waals surface area contributed by atoms with E-state index in [1.165, 1.54) is 0 Å². The highest BCUT2D eigenvalue weighted by molar-refractivity contribution is 5.88. The number of carbonyl (C=O) groups excluding carboxylic acids is 1. The molecular weight excluding hydrogens is 200 g/mol. The molecule has 80 valence electrons. The van der Waals surface area contributed by atoms with Crippen molar-refractivity contribution in [1.82, 2.24) is 5.16 Å². The highest BCUT2D eigenvalue weighted by Gasteiger charge is 2.19. The van der Waals surface area contributed by atoms with Crippen molar-refractivity contribution in [3.8, 4) is 0 Å². The summed E-state index contributed by atoms with van der Waals surface area (Å²) in [6.07, 6.45) is 0. The first-order valence-corrected chi connectivity index (χ1v) is 4.33. The van der Waals surface area contributed by atoms with Gasteiger partial charge in [0.1, 0.15) is 5.76 Å². The number of ether oxygens (including phenoxy) is 1. The van der Waals surface area contributed by atoms with Gasteiger partial charge in [0.2, 0.25) is 0 Å². The highest BCUT2D eigenvalue weighted by Crippen LogP contribution is 2.15. The summed E-state index contributed by atoms with van der Waals surface area (Å²) in [7, 11) is 0. The fourth-order valence-electron chi connectivity index (χ4n) is 1.04. The molecule has 0 aliphatic rings. The Bertz CT molecular complexity index is 406. The van der Waals surface area contributed by atoms with Crippen LogP contribution in [0.4, 0.5) is 0 Å². The minimum atomic E-state index is -0.572. The van der Waals surface area contributed by atoms with E-state index in [9.17, 15) is 4.79 Å². The minimum absolute atomic E-state index is 0.0278. The first kappa shape index (κ1) is 11.1. The number of hydrogen-bond acceptors (Lipinski definition) is 5. The van der Waals surface area contributed by atoms with Crippen molar-refractivity contribution in [1.29, 1.82) is 0 Å². The van der Waals surface area contributed by atoms with E-state index in [-0.39, 0.29) is 18.8 Å². The Kier molecular flexibility index (Phi) is 3.70. The van der Waals surface area contributed by atoms with Crippen LogP contribution in [-0.4, -0.2) is 17.7 Å². The van der Waals surface area contributed by atoms with Gasteiger partial charge in [0.05, 0.1) is 13.2 Å². The van der Waals surface area contributed by atoms with Crippen molar-refractivity contribution in [2.24, 2.45) is 5.11 Å². The predicted octanol–water partition coefficient (Wildman–Crippen LogP) is 1.97. The van der Waals surface area contributed by atoms with E-state index in [4.69, 9.17) is 14.8 Å². The average Bonchev–Trinajstić information content (AvgIpc) is 2.57. The number of hydrogen-bond donors (Lipinski definition) is 0. The molecule has 0 fully saturated rings. The Labute approximate surface area is 85.6 Å². The van der Waals surface area contributed by atoms with E-state index in [1.807, 2.05) is 0 Å². The highest BCUT2D eigenvalue weighted by atomic mass is 16.5. The van der Waals surface area contributed by atoms with Crippen LogP contribution in [0.3, 0.4) is 0 Å². The summed E-state index contributed by atoms with van der Waals surface area (Å²) < 4.78 is 9.59. The molecule has 1 rings (SSSR count). The lowest BCUT2D eigenvalue weighted by Gasteiger charge is -1.98. The molecule has 0 atom stereocenters. The molecule has 0 radical (unpaired) electrons. The van der Waals surface area contributed by atoms with Crippen molar-refractivity contribution >= 4 is 5.97 Å². The number of aromatic nitrogens is 1. The quantitative estimate of drug-likeness (QED) is 0.328. The second kappa shape index (κ2) is 5.02. The predicted molar refractivity (Wildman–Crippen MR) is 50.0 cm³/mol. The Morgan fingerprint density at radius 2 is 2.47 bits per heavy atom. The largest absolute Gasteiger partial charge is 0.461 e. The summed E-state index contributed by atoms with van der Waals surface area (Å²) in [5.41, 5.74) is 8.72. The van der Waals surface area contributed by atoms with Crippen LogP contribution in [0.25, 0.3) is 10.4 Å². The molecule has 0 aliphatic heterocycles. The van der Waals surface area contributed by atoms with Gasteiger partial charge < -0.3 is 9.26 Å². The lowest BCUT2D eigenvalue weighted by Crippen LogP contribution is -2.07. The fourth-order valence-corrected chi connectivity index (χ4v) is 1.04. The molecule has 7 heteroatoms. The van der Waals surface area contributed by atoms with Crippen LogP contribution < -0.4 is 0 Å². The van der Waals surface area contributed by atoms with Crippen LogP contribution in [0.5, 0.6) is 0 Å². The topological polar surface area (TPSA) is 101 Å². The molecule has 0 spiro atoms. The van der Waals surface area contributed by atoms with Crippen molar-refractivity contribution < 1.29 is 14.1 Å². The maximum atomic E-state index is 11.4. The fraction of sp³-hybridized carbons (Fsp3) is 0.500. The Morgan fingerprint density at radius 1 is 1.73 bits per heavy atom. The number of azide groups is 1. The zero-order chi connectivity index (χ0) is 11.3. The molecule has 0 saturated carbocycles. The van der Waals surface area contributed by atoms with Gasteiger partial charge in [-0.05, 0) is 19.4 Å². The molecule has 7 nitrogen and oxygen atoms in total. The number of carbonyl (C=O) groups is 1. The van der Waals surface area contributed by atoms with Crippen molar-refractivity contribution in [3.63, 3.8) is 0 Å².